The number of rotatable bonds is 23. The number of methoxy groups -OCH3 is 2. The molecule has 0 unspecified atom stereocenters. The Bertz CT molecular complexity index is 3340. The molecule has 9 N–H and O–H groups in total. The van der Waals surface area contributed by atoms with Gasteiger partial charge in [0.05, 0.1) is 39.0 Å². The molecule has 10 rings (SSSR count). The van der Waals surface area contributed by atoms with Crippen LogP contribution in [0.3, 0.4) is 0 Å². The van der Waals surface area contributed by atoms with E-state index in [2.05, 4.69) is 91.0 Å². The van der Waals surface area contributed by atoms with Crippen molar-refractivity contribution >= 4 is 45.8 Å². The summed E-state index contributed by atoms with van der Waals surface area (Å²) < 4.78 is 25.4. The number of nitrogens with two attached hydrogens (primary N) is 1. The highest BCUT2D eigenvalue weighted by atomic mass is 16.6. The van der Waals surface area contributed by atoms with Crippen molar-refractivity contribution in [2.45, 2.75) is 80.4 Å². The van der Waals surface area contributed by atoms with Crippen LogP contribution in [0.2, 0.25) is 0 Å². The number of likely N-dealkylation sites (N-methyl/N-ethyl adjacent to an activating group) is 1. The molecule has 0 saturated carbocycles. The Morgan fingerprint density at radius 3 is 1.36 bits per heavy atom. The number of amides is 2. The number of aliphatic hydroxyl groups is 4. The summed E-state index contributed by atoms with van der Waals surface area (Å²) in [5.74, 6) is 2.05. The van der Waals surface area contributed by atoms with E-state index in [4.69, 9.17) is 34.6 Å². The summed E-state index contributed by atoms with van der Waals surface area (Å²) >= 11 is 0. The summed E-state index contributed by atoms with van der Waals surface area (Å²) in [6.45, 7) is 5.56. The molecule has 2 aliphatic rings. The molecule has 6 heterocycles. The van der Waals surface area contributed by atoms with Crippen molar-refractivity contribution in [1.29, 1.82) is 0 Å². The Hall–Kier alpha value is -8.14. The zero-order chi connectivity index (χ0) is 61.3. The maximum absolute atomic E-state index is 12.0. The van der Waals surface area contributed by atoms with Gasteiger partial charge in [0.25, 0.3) is 0 Å². The van der Waals surface area contributed by atoms with E-state index in [-0.39, 0.29) is 43.4 Å². The number of fused-ring (bicyclic) bond motifs is 2. The van der Waals surface area contributed by atoms with Gasteiger partial charge < -0.3 is 70.9 Å². The molecule has 2 fully saturated rings. The van der Waals surface area contributed by atoms with Gasteiger partial charge in [-0.3, -0.25) is 18.7 Å². The second-order valence-corrected chi connectivity index (χ2v) is 21.0. The Morgan fingerprint density at radius 1 is 0.616 bits per heavy atom. The number of carbonyl (C=O) groups excluding carboxylic acids is 2. The smallest absolute Gasteiger partial charge is 0.245 e. The molecule has 0 aliphatic carbocycles. The number of hydrogen-bond acceptors (Lipinski definition) is 20. The Morgan fingerprint density at radius 2 is 1.01 bits per heavy atom. The van der Waals surface area contributed by atoms with Gasteiger partial charge in [-0.2, -0.15) is 0 Å². The highest BCUT2D eigenvalue weighted by Gasteiger charge is 2.45. The average molecular weight is 1180 g/mol. The summed E-state index contributed by atoms with van der Waals surface area (Å²) in [7, 11) is 9.85. The number of ether oxygens (including phenoxy) is 4. The number of hydrogen-bond donors (Lipinski definition) is 8. The first kappa shape index (κ1) is 63.9. The van der Waals surface area contributed by atoms with E-state index >= 15 is 0 Å². The van der Waals surface area contributed by atoms with Crippen LogP contribution >= 0.6 is 0 Å². The number of imidazole rings is 2. The maximum atomic E-state index is 12.0. The minimum atomic E-state index is -1.21. The van der Waals surface area contributed by atoms with E-state index in [1.165, 1.54) is 42.6 Å². The molecule has 4 aromatic carbocycles. The second-order valence-electron chi connectivity index (χ2n) is 21.0. The third kappa shape index (κ3) is 15.6. The van der Waals surface area contributed by atoms with Crippen LogP contribution in [-0.4, -0.2) is 193 Å². The van der Waals surface area contributed by atoms with Crippen molar-refractivity contribution in [2.75, 3.05) is 85.9 Å². The number of nitrogens with zero attached hydrogens (tertiary/aromatic N) is 10. The van der Waals surface area contributed by atoms with Gasteiger partial charge in [-0.1, -0.05) is 128 Å². The van der Waals surface area contributed by atoms with Crippen molar-refractivity contribution < 1.29 is 49.0 Å². The Labute approximate surface area is 499 Å². The van der Waals surface area contributed by atoms with Gasteiger partial charge in [0.15, 0.2) is 46.4 Å². The molecular weight excluding hydrogens is 1100 g/mol. The van der Waals surface area contributed by atoms with Crippen LogP contribution in [0.4, 0.5) is 11.6 Å². The minimum Gasteiger partial charge on any atom is -0.387 e. The Kier molecular flexibility index (Phi) is 22.9. The molecule has 456 valence electrons. The SMILES string of the molecule is C=CC(=O)N(C)C.COC[C@H]1O[C@@H](n2cnc3c(NCC(c4ccccc4)c4ccccc4)nc(CN)nc32)[C@H](O)[C@@H]1O.COC[C@H]1O[C@@H](n2cnc3c(NCC(c4ccccc4)c4ccccc4)nc(CNCCC(=O)N(C)C)nc32)[C@H](O)[C@@H]1O. The van der Waals surface area contributed by atoms with E-state index in [1.807, 2.05) is 72.8 Å². The van der Waals surface area contributed by atoms with Gasteiger partial charge in [-0.05, 0) is 28.3 Å². The number of anilines is 2. The highest BCUT2D eigenvalue weighted by molar-refractivity contribution is 5.86. The van der Waals surface area contributed by atoms with Gasteiger partial charge in [0.2, 0.25) is 11.8 Å². The molecule has 8 atom stereocenters. The molecule has 2 aliphatic heterocycles. The monoisotopic (exact) mass is 1180 g/mol. The zero-order valence-electron chi connectivity index (χ0n) is 49.2. The second kappa shape index (κ2) is 30.8. The lowest BCUT2D eigenvalue weighted by Gasteiger charge is -2.20. The van der Waals surface area contributed by atoms with Gasteiger partial charge in [0, 0.05) is 80.3 Å². The van der Waals surface area contributed by atoms with Crippen LogP contribution < -0.4 is 21.7 Å². The normalized spacial score (nSPS) is 19.9. The number of aliphatic hydroxyl groups excluding tert-OH is 4. The predicted molar refractivity (Wildman–Crippen MR) is 324 cm³/mol. The third-order valence-electron chi connectivity index (χ3n) is 14.7. The summed E-state index contributed by atoms with van der Waals surface area (Å²) in [4.78, 5) is 53.2. The van der Waals surface area contributed by atoms with Crippen molar-refractivity contribution in [3.05, 3.63) is 181 Å². The lowest BCUT2D eigenvalue weighted by Crippen LogP contribution is -2.33. The zero-order valence-corrected chi connectivity index (χ0v) is 49.2. The van der Waals surface area contributed by atoms with Gasteiger partial charge >= 0.3 is 0 Å². The fourth-order valence-corrected chi connectivity index (χ4v) is 10.0. The number of carbonyl (C=O) groups is 2. The van der Waals surface area contributed by atoms with Crippen LogP contribution in [0.25, 0.3) is 22.3 Å². The Balaban J connectivity index is 0.000000203. The van der Waals surface area contributed by atoms with E-state index < -0.39 is 49.1 Å². The minimum absolute atomic E-state index is 0.0220. The quantitative estimate of drug-likeness (QED) is 0.0332. The molecule has 24 heteroatoms. The van der Waals surface area contributed by atoms with Gasteiger partial charge in [-0.25, -0.2) is 29.9 Å². The van der Waals surface area contributed by atoms with Crippen LogP contribution in [0.1, 0.15) is 64.6 Å². The molecule has 4 aromatic heterocycles. The van der Waals surface area contributed by atoms with Gasteiger partial charge in [-0.15, -0.1) is 0 Å². The molecule has 0 spiro atoms. The predicted octanol–water partition coefficient (Wildman–Crippen LogP) is 3.96. The van der Waals surface area contributed by atoms with Gasteiger partial charge in [0.1, 0.15) is 48.3 Å². The van der Waals surface area contributed by atoms with Crippen LogP contribution in [-0.2, 0) is 41.6 Å². The fraction of sp³-hybridized carbons (Fsp3) is 0.387. The maximum Gasteiger partial charge on any atom is 0.245 e. The first-order chi connectivity index (χ1) is 41.6. The number of benzene rings is 4. The van der Waals surface area contributed by atoms with Crippen molar-refractivity contribution in [3.8, 4) is 0 Å². The summed E-state index contributed by atoms with van der Waals surface area (Å²) in [6, 6.07) is 41.1. The fourth-order valence-electron chi connectivity index (χ4n) is 10.0. The number of nitrogens with one attached hydrogen (secondary N) is 3. The van der Waals surface area contributed by atoms with E-state index in [0.717, 1.165) is 11.1 Å². The summed E-state index contributed by atoms with van der Waals surface area (Å²) in [5.41, 5.74) is 12.5. The van der Waals surface area contributed by atoms with Crippen LogP contribution in [0, 0.1) is 0 Å². The lowest BCUT2D eigenvalue weighted by molar-refractivity contribution is -0.128. The third-order valence-corrected chi connectivity index (χ3v) is 14.7. The largest absolute Gasteiger partial charge is 0.387 e. The first-order valence-electron chi connectivity index (χ1n) is 28.3. The average Bonchev–Trinajstić information content (AvgIpc) is 2.11. The molecule has 2 saturated heterocycles. The van der Waals surface area contributed by atoms with E-state index in [0.29, 0.717) is 78.2 Å². The molecular formula is C62H78N14O10. The van der Waals surface area contributed by atoms with Crippen molar-refractivity contribution in [1.82, 2.24) is 54.2 Å². The molecule has 86 heavy (non-hydrogen) atoms. The van der Waals surface area contributed by atoms with E-state index in [1.54, 1.807) is 48.6 Å². The van der Waals surface area contributed by atoms with Crippen molar-refractivity contribution in [2.24, 2.45) is 5.73 Å². The van der Waals surface area contributed by atoms with E-state index in [9.17, 15) is 30.0 Å². The molecule has 24 nitrogen and oxygen atoms in total. The lowest BCUT2D eigenvalue weighted by atomic mass is 9.91. The topological polar surface area (TPSA) is 308 Å². The summed E-state index contributed by atoms with van der Waals surface area (Å²) in [5, 5.41) is 52.6. The molecule has 8 aromatic rings. The highest BCUT2D eigenvalue weighted by Crippen LogP contribution is 2.36. The van der Waals surface area contributed by atoms with Crippen LogP contribution in [0.5, 0.6) is 0 Å². The molecule has 0 bridgehead atoms. The number of aromatic nitrogens is 8. The first-order valence-corrected chi connectivity index (χ1v) is 28.3. The standard InChI is InChI=1S/C31H39N7O5.C26H30N6O4.C5H9NO/c1-37(2)25(39)14-15-32-17-24-35-29(33-16-22(20-10-6-4-7-11-20)21-12-8-5-9-13-21)26-30(36-24)38(19-34-26)31-28(41)27(40)23(43-31)18-42-3;1-35-14-19-22(33)23(34)26(36-19)32-15-29-21-24(30-20(12-27)31-25(21)32)28-13-18(16-8-4-2-5-9-16)17-10-6-3-7-11-17;1-4-5(7)6(2)3/h4-13,19,22-23,27-28,31-32,40-41H,14-18H2,1-3H3,(H,33,35,36);2-11,15,18-19,22-23,26,33-34H,12-14,27H2,1H3,(H,28,30,31);4H,1H2,2-3H3/t23-,27-,28-,31-;19-,22-,23-,26-;/m11./s1. The molecule has 0 radical (unpaired) electrons. The summed E-state index contributed by atoms with van der Waals surface area (Å²) in [6.07, 6.45) is -3.07. The van der Waals surface area contributed by atoms with Crippen molar-refractivity contribution in [3.63, 3.8) is 0 Å². The van der Waals surface area contributed by atoms with Crippen LogP contribution in [0.15, 0.2) is 147 Å². The molecule has 2 amide bonds.